The molecule has 4 N–H and O–H groups in total. The summed E-state index contributed by atoms with van der Waals surface area (Å²) in [4.78, 5) is 0.0188. The van der Waals surface area contributed by atoms with Crippen LogP contribution in [0.5, 0.6) is 5.75 Å². The van der Waals surface area contributed by atoms with Crippen molar-refractivity contribution in [1.82, 2.24) is 0 Å². The van der Waals surface area contributed by atoms with Gasteiger partial charge in [-0.2, -0.15) is 0 Å². The zero-order valence-corrected chi connectivity index (χ0v) is 12.1. The molecule has 1 atom stereocenters. The number of phenols is 1. The number of rotatable bonds is 4. The van der Waals surface area contributed by atoms with Gasteiger partial charge in [-0.1, -0.05) is 6.07 Å². The van der Waals surface area contributed by atoms with E-state index in [0.29, 0.717) is 11.3 Å². The highest BCUT2D eigenvalue weighted by Crippen LogP contribution is 2.27. The van der Waals surface area contributed by atoms with E-state index in [9.17, 15) is 17.9 Å². The Bertz CT molecular complexity index is 745. The molecule has 5 nitrogen and oxygen atoms in total. The van der Waals surface area contributed by atoms with E-state index in [-0.39, 0.29) is 16.7 Å². The molecule has 0 bridgehead atoms. The number of primary sulfonamides is 1. The Balaban J connectivity index is 2.18. The number of nitrogens with one attached hydrogen (secondary N) is 1. The number of hydrogen-bond acceptors (Lipinski definition) is 4. The standard InChI is InChI=1S/C14H15FN2O3S/c1-9(13-7-2-10(15)8-14(13)18)17-11-3-5-12(6-4-11)21(16,19)20/h2-9,17-18H,1H3,(H2,16,19,20). The summed E-state index contributed by atoms with van der Waals surface area (Å²) in [5.74, 6) is -0.655. The van der Waals surface area contributed by atoms with E-state index in [4.69, 9.17) is 5.14 Å². The van der Waals surface area contributed by atoms with Crippen LogP contribution in [0.3, 0.4) is 0 Å². The molecule has 0 fully saturated rings. The van der Waals surface area contributed by atoms with Crippen LogP contribution in [0.25, 0.3) is 0 Å². The average molecular weight is 310 g/mol. The number of phenolic OH excluding ortho intramolecular Hbond substituents is 1. The van der Waals surface area contributed by atoms with Crippen molar-refractivity contribution in [3.8, 4) is 5.75 Å². The third kappa shape index (κ3) is 3.71. The molecule has 2 rings (SSSR count). The van der Waals surface area contributed by atoms with Gasteiger partial charge >= 0.3 is 0 Å². The van der Waals surface area contributed by atoms with E-state index in [1.807, 2.05) is 0 Å². The predicted octanol–water partition coefficient (Wildman–Crippen LogP) is 2.35. The molecule has 112 valence electrons. The molecule has 1 unspecified atom stereocenters. The zero-order valence-electron chi connectivity index (χ0n) is 11.2. The van der Waals surface area contributed by atoms with Gasteiger partial charge in [-0.25, -0.2) is 17.9 Å². The molecule has 0 amide bonds. The van der Waals surface area contributed by atoms with Gasteiger partial charge in [0.15, 0.2) is 0 Å². The summed E-state index contributed by atoms with van der Waals surface area (Å²) < 4.78 is 35.3. The van der Waals surface area contributed by atoms with E-state index >= 15 is 0 Å². The number of hydrogen-bond donors (Lipinski definition) is 3. The van der Waals surface area contributed by atoms with Crippen molar-refractivity contribution in [3.63, 3.8) is 0 Å². The van der Waals surface area contributed by atoms with Gasteiger partial charge in [0, 0.05) is 17.3 Å². The molecule has 0 saturated carbocycles. The van der Waals surface area contributed by atoms with E-state index < -0.39 is 15.8 Å². The topological polar surface area (TPSA) is 92.4 Å². The Kier molecular flexibility index (Phi) is 4.15. The Morgan fingerprint density at radius 1 is 1.19 bits per heavy atom. The second kappa shape index (κ2) is 5.71. The maximum atomic E-state index is 12.9. The smallest absolute Gasteiger partial charge is 0.238 e. The van der Waals surface area contributed by atoms with Gasteiger partial charge in [-0.05, 0) is 37.3 Å². The maximum Gasteiger partial charge on any atom is 0.238 e. The highest BCUT2D eigenvalue weighted by molar-refractivity contribution is 7.89. The Morgan fingerprint density at radius 3 is 2.33 bits per heavy atom. The molecule has 7 heteroatoms. The van der Waals surface area contributed by atoms with Gasteiger partial charge in [-0.15, -0.1) is 0 Å². The molecule has 2 aromatic rings. The second-order valence-electron chi connectivity index (χ2n) is 4.64. The van der Waals surface area contributed by atoms with E-state index in [1.165, 1.54) is 24.3 Å². The van der Waals surface area contributed by atoms with Crippen molar-refractivity contribution in [3.05, 3.63) is 53.8 Å². The molecule has 2 aromatic carbocycles. The lowest BCUT2D eigenvalue weighted by atomic mass is 10.1. The molecule has 0 aromatic heterocycles. The van der Waals surface area contributed by atoms with Crippen LogP contribution in [0.2, 0.25) is 0 Å². The average Bonchev–Trinajstić information content (AvgIpc) is 2.38. The minimum atomic E-state index is -3.72. The molecule has 21 heavy (non-hydrogen) atoms. The van der Waals surface area contributed by atoms with Gasteiger partial charge in [0.1, 0.15) is 11.6 Å². The molecule has 0 heterocycles. The number of sulfonamides is 1. The van der Waals surface area contributed by atoms with Crippen LogP contribution in [0.15, 0.2) is 47.4 Å². The first-order chi connectivity index (χ1) is 9.77. The summed E-state index contributed by atoms with van der Waals surface area (Å²) in [5, 5.41) is 17.8. The molecule has 0 spiro atoms. The normalized spacial score (nSPS) is 12.9. The van der Waals surface area contributed by atoms with Crippen LogP contribution in [0.4, 0.5) is 10.1 Å². The third-order valence-corrected chi connectivity index (χ3v) is 3.95. The minimum Gasteiger partial charge on any atom is -0.507 e. The predicted molar refractivity (Wildman–Crippen MR) is 77.9 cm³/mol. The van der Waals surface area contributed by atoms with Crippen molar-refractivity contribution < 1.29 is 17.9 Å². The van der Waals surface area contributed by atoms with Crippen LogP contribution < -0.4 is 10.5 Å². The molecule has 0 saturated heterocycles. The van der Waals surface area contributed by atoms with Gasteiger partial charge in [0.2, 0.25) is 10.0 Å². The summed E-state index contributed by atoms with van der Waals surface area (Å²) >= 11 is 0. The van der Waals surface area contributed by atoms with Gasteiger partial charge in [0.25, 0.3) is 0 Å². The minimum absolute atomic E-state index is 0.0188. The van der Waals surface area contributed by atoms with Crippen LogP contribution in [0.1, 0.15) is 18.5 Å². The monoisotopic (exact) mass is 310 g/mol. The van der Waals surface area contributed by atoms with Gasteiger partial charge < -0.3 is 10.4 Å². The molecule has 0 radical (unpaired) electrons. The number of halogens is 1. The molecular weight excluding hydrogens is 295 g/mol. The first-order valence-corrected chi connectivity index (χ1v) is 7.70. The summed E-state index contributed by atoms with van der Waals surface area (Å²) in [7, 11) is -3.72. The molecule has 0 aliphatic rings. The van der Waals surface area contributed by atoms with Crippen LogP contribution in [0, 0.1) is 5.82 Å². The fourth-order valence-electron chi connectivity index (χ4n) is 1.95. The van der Waals surface area contributed by atoms with Crippen LogP contribution in [-0.4, -0.2) is 13.5 Å². The van der Waals surface area contributed by atoms with Crippen LogP contribution in [-0.2, 0) is 10.0 Å². The lowest BCUT2D eigenvalue weighted by Gasteiger charge is -2.17. The summed E-state index contributed by atoms with van der Waals surface area (Å²) in [6.45, 7) is 1.79. The zero-order chi connectivity index (χ0) is 15.6. The second-order valence-corrected chi connectivity index (χ2v) is 6.20. The van der Waals surface area contributed by atoms with E-state index in [1.54, 1.807) is 19.1 Å². The summed E-state index contributed by atoms with van der Waals surface area (Å²) in [6, 6.07) is 9.40. The third-order valence-electron chi connectivity index (χ3n) is 3.03. The Labute approximate surface area is 122 Å². The lowest BCUT2D eigenvalue weighted by molar-refractivity contribution is 0.459. The van der Waals surface area contributed by atoms with Crippen molar-refractivity contribution in [2.24, 2.45) is 5.14 Å². The van der Waals surface area contributed by atoms with Gasteiger partial charge in [0.05, 0.1) is 10.9 Å². The van der Waals surface area contributed by atoms with E-state index in [0.717, 1.165) is 6.07 Å². The number of anilines is 1. The number of nitrogens with two attached hydrogens (primary N) is 1. The first-order valence-electron chi connectivity index (χ1n) is 6.15. The molecule has 0 aliphatic carbocycles. The molecule has 0 aliphatic heterocycles. The lowest BCUT2D eigenvalue weighted by Crippen LogP contribution is -2.12. The highest BCUT2D eigenvalue weighted by atomic mass is 32.2. The quantitative estimate of drug-likeness (QED) is 0.808. The fraction of sp³-hybridized carbons (Fsp3) is 0.143. The van der Waals surface area contributed by atoms with E-state index in [2.05, 4.69) is 5.32 Å². The van der Waals surface area contributed by atoms with Crippen molar-refractivity contribution in [2.45, 2.75) is 17.9 Å². The summed E-state index contributed by atoms with van der Waals surface area (Å²) in [6.07, 6.45) is 0. The van der Waals surface area contributed by atoms with Crippen molar-refractivity contribution in [1.29, 1.82) is 0 Å². The summed E-state index contributed by atoms with van der Waals surface area (Å²) in [5.41, 5.74) is 1.19. The SMILES string of the molecule is CC(Nc1ccc(S(N)(=O)=O)cc1)c1ccc(F)cc1O. The highest BCUT2D eigenvalue weighted by Gasteiger charge is 2.12. The number of benzene rings is 2. The molecular formula is C14H15FN2O3S. The van der Waals surface area contributed by atoms with Crippen molar-refractivity contribution in [2.75, 3.05) is 5.32 Å². The first kappa shape index (κ1) is 15.3. The number of aromatic hydroxyl groups is 1. The Morgan fingerprint density at radius 2 is 1.81 bits per heavy atom. The fourth-order valence-corrected chi connectivity index (χ4v) is 2.47. The van der Waals surface area contributed by atoms with Crippen LogP contribution >= 0.6 is 0 Å². The maximum absolute atomic E-state index is 12.9. The largest absolute Gasteiger partial charge is 0.507 e. The van der Waals surface area contributed by atoms with Gasteiger partial charge in [-0.3, -0.25) is 0 Å². The van der Waals surface area contributed by atoms with Crippen molar-refractivity contribution >= 4 is 15.7 Å². The Hall–Kier alpha value is -2.12.